The van der Waals surface area contributed by atoms with Gasteiger partial charge >= 0.3 is 0 Å². The minimum atomic E-state index is -0.654. The number of nitrogens with one attached hydrogen (secondary N) is 1. The summed E-state index contributed by atoms with van der Waals surface area (Å²) in [6.45, 7) is 1.19. The summed E-state index contributed by atoms with van der Waals surface area (Å²) < 4.78 is 6.11. The Labute approximate surface area is 224 Å². The molecule has 3 aromatic rings. The van der Waals surface area contributed by atoms with Crippen molar-refractivity contribution in [1.29, 1.82) is 0 Å². The maximum absolute atomic E-state index is 13.3. The molecule has 1 N–H and O–H groups in total. The van der Waals surface area contributed by atoms with E-state index in [2.05, 4.69) is 5.32 Å². The molecule has 0 spiro atoms. The molecule has 1 unspecified atom stereocenters. The highest BCUT2D eigenvalue weighted by Crippen LogP contribution is 2.32. The molecule has 8 nitrogen and oxygen atoms in total. The van der Waals surface area contributed by atoms with E-state index in [-0.39, 0.29) is 36.8 Å². The molecule has 2 fully saturated rings. The number of rotatable bonds is 5. The molecule has 2 saturated heterocycles. The summed E-state index contributed by atoms with van der Waals surface area (Å²) >= 11 is 6.02. The SMILES string of the molecule is O=C1CCC(N2Cc3cc(OC4CN(C(=O)c5ccccc5-c5ccc(Cl)cc5)C4)ccc3C2=O)C(=O)N1. The van der Waals surface area contributed by atoms with E-state index in [4.69, 9.17) is 16.3 Å². The summed E-state index contributed by atoms with van der Waals surface area (Å²) in [5, 5.41) is 2.95. The maximum Gasteiger partial charge on any atom is 0.255 e. The molecule has 1 atom stereocenters. The first-order chi connectivity index (χ1) is 18.4. The van der Waals surface area contributed by atoms with Gasteiger partial charge in [-0.05, 0) is 59.5 Å². The Balaban J connectivity index is 1.10. The third kappa shape index (κ3) is 4.41. The fourth-order valence-corrected chi connectivity index (χ4v) is 5.34. The van der Waals surface area contributed by atoms with Crippen molar-refractivity contribution in [3.63, 3.8) is 0 Å². The van der Waals surface area contributed by atoms with Gasteiger partial charge in [0.25, 0.3) is 11.8 Å². The molecule has 0 radical (unpaired) electrons. The number of ether oxygens (including phenoxy) is 1. The van der Waals surface area contributed by atoms with Crippen LogP contribution in [0.25, 0.3) is 11.1 Å². The van der Waals surface area contributed by atoms with Crippen LogP contribution in [0.3, 0.4) is 0 Å². The maximum atomic E-state index is 13.3. The van der Waals surface area contributed by atoms with Crippen molar-refractivity contribution in [2.45, 2.75) is 31.5 Å². The third-order valence-corrected chi connectivity index (χ3v) is 7.50. The van der Waals surface area contributed by atoms with Crippen LogP contribution in [0.15, 0.2) is 66.7 Å². The molecule has 3 aliphatic heterocycles. The quantitative estimate of drug-likeness (QED) is 0.509. The molecule has 4 amide bonds. The van der Waals surface area contributed by atoms with E-state index in [1.807, 2.05) is 42.5 Å². The van der Waals surface area contributed by atoms with Crippen molar-refractivity contribution >= 4 is 35.2 Å². The van der Waals surface area contributed by atoms with Crippen LogP contribution in [0, 0.1) is 0 Å². The monoisotopic (exact) mass is 529 g/mol. The van der Waals surface area contributed by atoms with E-state index in [0.717, 1.165) is 16.7 Å². The smallest absolute Gasteiger partial charge is 0.255 e. The Morgan fingerprint density at radius 1 is 0.947 bits per heavy atom. The fourth-order valence-electron chi connectivity index (χ4n) is 5.22. The molecule has 9 heteroatoms. The summed E-state index contributed by atoms with van der Waals surface area (Å²) in [5.74, 6) is -0.417. The number of halogens is 1. The van der Waals surface area contributed by atoms with Crippen LogP contribution < -0.4 is 10.1 Å². The minimum absolute atomic E-state index is 0.0603. The zero-order valence-corrected chi connectivity index (χ0v) is 21.1. The normalized spacial score (nSPS) is 19.2. The van der Waals surface area contributed by atoms with Gasteiger partial charge in [-0.25, -0.2) is 0 Å². The second-order valence-electron chi connectivity index (χ2n) is 9.72. The number of hydrogen-bond donors (Lipinski definition) is 1. The molecule has 6 rings (SSSR count). The molecule has 0 aliphatic carbocycles. The summed E-state index contributed by atoms with van der Waals surface area (Å²) in [6.07, 6.45) is 0.371. The van der Waals surface area contributed by atoms with Crippen LogP contribution in [0.1, 0.15) is 39.1 Å². The lowest BCUT2D eigenvalue weighted by Crippen LogP contribution is -2.56. The first-order valence-corrected chi connectivity index (χ1v) is 12.8. The lowest BCUT2D eigenvalue weighted by molar-refractivity contribution is -0.136. The average molecular weight is 530 g/mol. The van der Waals surface area contributed by atoms with Crippen LogP contribution >= 0.6 is 11.6 Å². The summed E-state index contributed by atoms with van der Waals surface area (Å²) in [5.41, 5.74) is 3.71. The molecular weight excluding hydrogens is 506 g/mol. The predicted molar refractivity (Wildman–Crippen MR) is 140 cm³/mol. The van der Waals surface area contributed by atoms with Gasteiger partial charge in [-0.1, -0.05) is 41.9 Å². The van der Waals surface area contributed by atoms with Crippen molar-refractivity contribution in [1.82, 2.24) is 15.1 Å². The number of piperidine rings is 1. The van der Waals surface area contributed by atoms with E-state index < -0.39 is 11.9 Å². The van der Waals surface area contributed by atoms with Gasteiger partial charge in [0.2, 0.25) is 11.8 Å². The second-order valence-corrected chi connectivity index (χ2v) is 10.2. The standard InChI is InChI=1S/C29H24ClN3O5/c30-19-7-5-17(6-8-19)22-3-1-2-4-24(22)28(36)32-15-21(16-32)38-20-9-10-23-18(13-20)14-33(29(23)37)25-11-12-26(34)31-27(25)35/h1-10,13,21,25H,11-12,14-16H2,(H,31,34,35). The summed E-state index contributed by atoms with van der Waals surface area (Å²) in [6, 6.07) is 19.5. The second kappa shape index (κ2) is 9.61. The Morgan fingerprint density at radius 3 is 2.47 bits per heavy atom. The lowest BCUT2D eigenvalue weighted by Gasteiger charge is -2.39. The molecule has 0 saturated carbocycles. The molecule has 38 heavy (non-hydrogen) atoms. The summed E-state index contributed by atoms with van der Waals surface area (Å²) in [4.78, 5) is 53.1. The number of benzene rings is 3. The number of nitrogens with zero attached hydrogens (tertiary/aromatic N) is 2. The van der Waals surface area contributed by atoms with Crippen LogP contribution in [0.5, 0.6) is 5.75 Å². The highest BCUT2D eigenvalue weighted by Gasteiger charge is 2.39. The van der Waals surface area contributed by atoms with Crippen LogP contribution in [0.2, 0.25) is 5.02 Å². The van der Waals surface area contributed by atoms with Crippen LogP contribution in [-0.2, 0) is 16.1 Å². The van der Waals surface area contributed by atoms with Gasteiger partial charge in [0.1, 0.15) is 17.9 Å². The highest BCUT2D eigenvalue weighted by atomic mass is 35.5. The zero-order valence-electron chi connectivity index (χ0n) is 20.4. The van der Waals surface area contributed by atoms with E-state index in [0.29, 0.717) is 41.4 Å². The first-order valence-electron chi connectivity index (χ1n) is 12.5. The largest absolute Gasteiger partial charge is 0.487 e. The van der Waals surface area contributed by atoms with Gasteiger partial charge in [-0.2, -0.15) is 0 Å². The molecule has 3 aromatic carbocycles. The van der Waals surface area contributed by atoms with Gasteiger partial charge in [-0.15, -0.1) is 0 Å². The number of hydrogen-bond acceptors (Lipinski definition) is 5. The molecule has 3 aliphatic rings. The number of imide groups is 1. The Bertz CT molecular complexity index is 1470. The van der Waals surface area contributed by atoms with Gasteiger partial charge in [0, 0.05) is 29.1 Å². The molecular formula is C29H24ClN3O5. The van der Waals surface area contributed by atoms with E-state index in [1.165, 1.54) is 4.90 Å². The van der Waals surface area contributed by atoms with Crippen molar-refractivity contribution in [2.24, 2.45) is 0 Å². The van der Waals surface area contributed by atoms with Crippen molar-refractivity contribution < 1.29 is 23.9 Å². The van der Waals surface area contributed by atoms with Crippen LogP contribution in [0.4, 0.5) is 0 Å². The van der Waals surface area contributed by atoms with Crippen LogP contribution in [-0.4, -0.2) is 58.7 Å². The van der Waals surface area contributed by atoms with Crippen molar-refractivity contribution in [3.8, 4) is 16.9 Å². The Morgan fingerprint density at radius 2 is 1.71 bits per heavy atom. The van der Waals surface area contributed by atoms with Gasteiger partial charge in [-0.3, -0.25) is 24.5 Å². The fraction of sp³-hybridized carbons (Fsp3) is 0.241. The van der Waals surface area contributed by atoms with E-state index in [9.17, 15) is 19.2 Å². The highest BCUT2D eigenvalue weighted by molar-refractivity contribution is 6.30. The summed E-state index contributed by atoms with van der Waals surface area (Å²) in [7, 11) is 0. The topological polar surface area (TPSA) is 96.0 Å². The predicted octanol–water partition coefficient (Wildman–Crippen LogP) is 3.67. The van der Waals surface area contributed by atoms with E-state index >= 15 is 0 Å². The number of amides is 4. The lowest BCUT2D eigenvalue weighted by atomic mass is 9.97. The molecule has 0 aromatic heterocycles. The third-order valence-electron chi connectivity index (χ3n) is 7.25. The van der Waals surface area contributed by atoms with Gasteiger partial charge in [0.15, 0.2) is 0 Å². The number of fused-ring (bicyclic) bond motifs is 1. The Kier molecular flexibility index (Phi) is 6.12. The van der Waals surface area contributed by atoms with Crippen molar-refractivity contribution in [2.75, 3.05) is 13.1 Å². The molecule has 0 bridgehead atoms. The van der Waals surface area contributed by atoms with Crippen molar-refractivity contribution in [3.05, 3.63) is 88.4 Å². The number of carbonyl (C=O) groups excluding carboxylic acids is 4. The zero-order chi connectivity index (χ0) is 26.4. The minimum Gasteiger partial charge on any atom is -0.487 e. The number of carbonyl (C=O) groups is 4. The number of likely N-dealkylation sites (tertiary alicyclic amines) is 1. The van der Waals surface area contributed by atoms with Gasteiger partial charge < -0.3 is 14.5 Å². The first kappa shape index (κ1) is 24.2. The average Bonchev–Trinajstić information content (AvgIpc) is 3.21. The van der Waals surface area contributed by atoms with Gasteiger partial charge in [0.05, 0.1) is 13.1 Å². The Hall–Kier alpha value is -4.17. The molecule has 3 heterocycles. The van der Waals surface area contributed by atoms with E-state index in [1.54, 1.807) is 29.2 Å². The molecule has 192 valence electrons.